The molecule has 44 valence electrons. The van der Waals surface area contributed by atoms with Crippen molar-refractivity contribution in [1.82, 2.24) is 3.96 Å². The monoisotopic (exact) mass is 149 g/mol. The molecule has 4 heteroatoms. The van der Waals surface area contributed by atoms with E-state index in [0.717, 1.165) is 11.5 Å². The number of rotatable bonds is 0. The minimum absolute atomic E-state index is 0.00231. The average Bonchev–Trinajstić information content (AvgIpc) is 1.85. The second-order valence-corrected chi connectivity index (χ2v) is 2.89. The van der Waals surface area contributed by atoms with E-state index in [9.17, 15) is 4.79 Å². The van der Waals surface area contributed by atoms with Crippen molar-refractivity contribution in [2.75, 3.05) is 0 Å². The van der Waals surface area contributed by atoms with E-state index >= 15 is 0 Å². The molecule has 0 atom stereocenters. The van der Waals surface area contributed by atoms with Gasteiger partial charge in [-0.15, -0.1) is 0 Å². The Bertz CT molecular complexity index is 216. The summed E-state index contributed by atoms with van der Waals surface area (Å²) in [6.07, 6.45) is 0. The van der Waals surface area contributed by atoms with Crippen molar-refractivity contribution in [3.8, 4) is 0 Å². The molecule has 0 spiro atoms. The summed E-state index contributed by atoms with van der Waals surface area (Å²) in [6.45, 7) is 0. The largest absolute Gasteiger partial charge is 0.288 e. The van der Waals surface area contributed by atoms with Gasteiger partial charge in [-0.05, 0) is 11.5 Å². The Morgan fingerprint density at radius 2 is 2.50 bits per heavy atom. The van der Waals surface area contributed by atoms with Crippen molar-refractivity contribution in [3.63, 3.8) is 0 Å². The van der Waals surface area contributed by atoms with E-state index in [1.807, 2.05) is 0 Å². The topological polar surface area (TPSA) is 22.0 Å². The fraction of sp³-hybridized carbons (Fsp3) is 0.250. The van der Waals surface area contributed by atoms with Crippen LogP contribution < -0.4 is 4.74 Å². The van der Waals surface area contributed by atoms with Crippen LogP contribution in [0, 0.1) is 0 Å². The van der Waals surface area contributed by atoms with Gasteiger partial charge in [-0.2, -0.15) is 0 Å². The summed E-state index contributed by atoms with van der Waals surface area (Å²) in [5, 5.41) is 0.500. The summed E-state index contributed by atoms with van der Waals surface area (Å²) >= 11 is 6.60. The number of nitrogens with zero attached hydrogens (tertiary/aromatic N) is 1. The Morgan fingerprint density at radius 3 is 2.62 bits per heavy atom. The van der Waals surface area contributed by atoms with Crippen molar-refractivity contribution >= 4 is 23.1 Å². The first-order valence-electron chi connectivity index (χ1n) is 2.03. The molecule has 0 unspecified atom stereocenters. The molecule has 2 nitrogen and oxygen atoms in total. The van der Waals surface area contributed by atoms with Crippen LogP contribution in [-0.4, -0.2) is 3.96 Å². The predicted octanol–water partition coefficient (Wildman–Crippen LogP) is 1.10. The molecule has 8 heavy (non-hydrogen) atoms. The fourth-order valence-electron chi connectivity index (χ4n) is 0.393. The minimum Gasteiger partial charge on any atom is -0.288 e. The molecule has 0 aliphatic heterocycles. The van der Waals surface area contributed by atoms with E-state index in [1.165, 1.54) is 6.07 Å². The molecule has 0 N–H and O–H groups in total. The van der Waals surface area contributed by atoms with Crippen molar-refractivity contribution in [3.05, 3.63) is 20.8 Å². The second-order valence-electron chi connectivity index (χ2n) is 1.37. The summed E-state index contributed by atoms with van der Waals surface area (Å²) < 4.78 is 1.61. The third-order valence-electron chi connectivity index (χ3n) is 0.765. The zero-order chi connectivity index (χ0) is 6.15. The highest BCUT2D eigenvalue weighted by Crippen LogP contribution is 2.04. The average molecular weight is 150 g/mol. The Hall–Kier alpha value is -0.280. The van der Waals surface area contributed by atoms with E-state index in [-0.39, 0.29) is 4.74 Å². The summed E-state index contributed by atoms with van der Waals surface area (Å²) in [5.74, 6) is 0. The molecule has 1 rings (SSSR count). The maximum absolute atomic E-state index is 10.4. The maximum Gasteiger partial charge on any atom is 0.251 e. The van der Waals surface area contributed by atoms with Crippen LogP contribution in [0.2, 0.25) is 5.15 Å². The van der Waals surface area contributed by atoms with Gasteiger partial charge in [0.05, 0.1) is 0 Å². The van der Waals surface area contributed by atoms with E-state index in [4.69, 9.17) is 11.6 Å². The molecule has 0 radical (unpaired) electrons. The highest BCUT2D eigenvalue weighted by Gasteiger charge is 1.94. The molecule has 1 heterocycles. The molecular weight excluding hydrogens is 146 g/mol. The van der Waals surface area contributed by atoms with Crippen LogP contribution >= 0.6 is 23.1 Å². The normalized spacial score (nSPS) is 9.75. The molecule has 0 aliphatic rings. The minimum atomic E-state index is -0.00231. The molecule has 1 aromatic rings. The van der Waals surface area contributed by atoms with Crippen LogP contribution in [0.25, 0.3) is 0 Å². The first-order chi connectivity index (χ1) is 3.70. The fourth-order valence-corrected chi connectivity index (χ4v) is 1.23. The molecule has 1 aromatic heterocycles. The highest BCUT2D eigenvalue weighted by atomic mass is 35.5. The molecule has 0 fully saturated rings. The van der Waals surface area contributed by atoms with Gasteiger partial charge < -0.3 is 0 Å². The van der Waals surface area contributed by atoms with Crippen LogP contribution in [-0.2, 0) is 7.05 Å². The van der Waals surface area contributed by atoms with Gasteiger partial charge in [0.25, 0.3) is 4.74 Å². The number of hydrogen-bond acceptors (Lipinski definition) is 2. The smallest absolute Gasteiger partial charge is 0.251 e. The third-order valence-corrected chi connectivity index (χ3v) is 2.00. The van der Waals surface area contributed by atoms with E-state index in [2.05, 4.69) is 0 Å². The van der Waals surface area contributed by atoms with E-state index in [0.29, 0.717) is 5.15 Å². The maximum atomic E-state index is 10.4. The van der Waals surface area contributed by atoms with Crippen LogP contribution in [0.15, 0.2) is 10.9 Å². The van der Waals surface area contributed by atoms with Gasteiger partial charge in [0.1, 0.15) is 5.15 Å². The summed E-state index contributed by atoms with van der Waals surface area (Å²) in [6, 6.07) is 1.40. The van der Waals surface area contributed by atoms with E-state index in [1.54, 1.807) is 11.0 Å². The first-order valence-corrected chi connectivity index (χ1v) is 3.18. The van der Waals surface area contributed by atoms with Crippen molar-refractivity contribution in [2.24, 2.45) is 7.05 Å². The molecule has 0 amide bonds. The first kappa shape index (κ1) is 5.85. The number of aromatic nitrogens is 1. The van der Waals surface area contributed by atoms with Crippen molar-refractivity contribution < 1.29 is 0 Å². The van der Waals surface area contributed by atoms with Crippen LogP contribution in [0.1, 0.15) is 0 Å². The zero-order valence-corrected chi connectivity index (χ0v) is 5.79. The Labute approximate surface area is 55.5 Å². The van der Waals surface area contributed by atoms with Gasteiger partial charge >= 0.3 is 0 Å². The lowest BCUT2D eigenvalue weighted by molar-refractivity contribution is 1.03. The van der Waals surface area contributed by atoms with Gasteiger partial charge in [0.15, 0.2) is 0 Å². The lowest BCUT2D eigenvalue weighted by Gasteiger charge is -1.84. The lowest BCUT2D eigenvalue weighted by atomic mass is 10.7. The van der Waals surface area contributed by atoms with Crippen molar-refractivity contribution in [2.45, 2.75) is 0 Å². The number of aryl methyl sites for hydroxylation is 1. The van der Waals surface area contributed by atoms with Gasteiger partial charge in [0, 0.05) is 13.1 Å². The standard InChI is InChI=1S/C4H4ClNOS/c1-6-3(5)2-4(7)8-6/h2H,1H3. The van der Waals surface area contributed by atoms with Gasteiger partial charge in [-0.3, -0.25) is 8.75 Å². The quantitative estimate of drug-likeness (QED) is 0.542. The number of hydrogen-bond donors (Lipinski definition) is 0. The summed E-state index contributed by atoms with van der Waals surface area (Å²) in [7, 11) is 1.74. The Kier molecular flexibility index (Phi) is 1.40. The lowest BCUT2D eigenvalue weighted by Crippen LogP contribution is -1.81. The molecule has 0 saturated heterocycles. The molecular formula is C4H4ClNOS. The van der Waals surface area contributed by atoms with Crippen LogP contribution in [0.5, 0.6) is 0 Å². The molecule has 0 saturated carbocycles. The van der Waals surface area contributed by atoms with Gasteiger partial charge in [-0.1, -0.05) is 11.6 Å². The second kappa shape index (κ2) is 1.91. The molecule has 0 bridgehead atoms. The Balaban J connectivity index is 3.35. The molecule has 0 aromatic carbocycles. The third kappa shape index (κ3) is 0.928. The van der Waals surface area contributed by atoms with Crippen LogP contribution in [0.3, 0.4) is 0 Å². The van der Waals surface area contributed by atoms with E-state index < -0.39 is 0 Å². The summed E-state index contributed by atoms with van der Waals surface area (Å²) in [5.41, 5.74) is 0. The molecule has 0 aliphatic carbocycles. The Morgan fingerprint density at radius 1 is 1.88 bits per heavy atom. The highest BCUT2D eigenvalue weighted by molar-refractivity contribution is 7.04. The van der Waals surface area contributed by atoms with Crippen LogP contribution in [0.4, 0.5) is 0 Å². The number of halogens is 1. The predicted molar refractivity (Wildman–Crippen MR) is 34.6 cm³/mol. The van der Waals surface area contributed by atoms with Gasteiger partial charge in [0.2, 0.25) is 0 Å². The zero-order valence-electron chi connectivity index (χ0n) is 4.22. The van der Waals surface area contributed by atoms with Crippen molar-refractivity contribution in [1.29, 1.82) is 0 Å². The summed E-state index contributed by atoms with van der Waals surface area (Å²) in [4.78, 5) is 10.4. The van der Waals surface area contributed by atoms with Gasteiger partial charge in [-0.25, -0.2) is 0 Å². The SMILES string of the molecule is Cn1sc(=O)cc1Cl.